The molecule has 0 bridgehead atoms. The highest BCUT2D eigenvalue weighted by Gasteiger charge is 2.23. The molecule has 1 N–H and O–H groups in total. The van der Waals surface area contributed by atoms with Crippen molar-refractivity contribution in [2.24, 2.45) is 5.92 Å². The predicted octanol–water partition coefficient (Wildman–Crippen LogP) is 2.28. The van der Waals surface area contributed by atoms with E-state index in [1.165, 1.54) is 0 Å². The first-order chi connectivity index (χ1) is 10.1. The minimum Gasteiger partial charge on any atom is -0.491 e. The number of likely N-dealkylation sites (tertiary alicyclic amines) is 1. The third-order valence-electron chi connectivity index (χ3n) is 4.16. The zero-order valence-electron chi connectivity index (χ0n) is 12.2. The van der Waals surface area contributed by atoms with Crippen LogP contribution in [0, 0.1) is 5.92 Å². The summed E-state index contributed by atoms with van der Waals surface area (Å²) in [4.78, 5) is 26.0. The number of hydrogen-bond donors (Lipinski definition) is 1. The molecule has 0 aromatic heterocycles. The Balaban J connectivity index is 1.79. The number of ether oxygens (including phenoxy) is 1. The Bertz CT molecular complexity index is 563. The molecule has 2 aliphatic rings. The molecule has 1 saturated heterocycles. The maximum Gasteiger partial charge on any atom is 0.253 e. The molecule has 21 heavy (non-hydrogen) atoms. The summed E-state index contributed by atoms with van der Waals surface area (Å²) in [7, 11) is 0. The summed E-state index contributed by atoms with van der Waals surface area (Å²) in [6, 6.07) is 5.26. The maximum atomic E-state index is 12.5. The predicted molar refractivity (Wildman–Crippen MR) is 79.5 cm³/mol. The summed E-state index contributed by atoms with van der Waals surface area (Å²) < 4.78 is 5.50. The number of benzene rings is 1. The van der Waals surface area contributed by atoms with Crippen molar-refractivity contribution < 1.29 is 14.3 Å². The van der Waals surface area contributed by atoms with Gasteiger partial charge in [0.05, 0.1) is 18.7 Å². The minimum atomic E-state index is -0.0786. The van der Waals surface area contributed by atoms with Crippen molar-refractivity contribution in [3.05, 3.63) is 23.8 Å². The number of piperidine rings is 1. The van der Waals surface area contributed by atoms with E-state index in [1.54, 1.807) is 18.2 Å². The molecule has 5 heteroatoms. The normalized spacial score (nSPS) is 19.3. The molecule has 2 amide bonds. The first-order valence-corrected chi connectivity index (χ1v) is 7.49. The average molecular weight is 288 g/mol. The molecule has 2 heterocycles. The van der Waals surface area contributed by atoms with Gasteiger partial charge in [-0.05, 0) is 37.0 Å². The van der Waals surface area contributed by atoms with Crippen LogP contribution in [0.25, 0.3) is 0 Å². The summed E-state index contributed by atoms with van der Waals surface area (Å²) in [6.07, 6.45) is 2.44. The lowest BCUT2D eigenvalue weighted by Crippen LogP contribution is -2.37. The number of hydrogen-bond acceptors (Lipinski definition) is 3. The largest absolute Gasteiger partial charge is 0.491 e. The molecular formula is C16H20N2O3. The lowest BCUT2D eigenvalue weighted by molar-refractivity contribution is -0.116. The quantitative estimate of drug-likeness (QED) is 0.862. The monoisotopic (exact) mass is 288 g/mol. The number of rotatable bonds is 1. The van der Waals surface area contributed by atoms with Crippen LogP contribution in [0.5, 0.6) is 5.75 Å². The molecule has 3 rings (SSSR count). The summed E-state index contributed by atoms with van der Waals surface area (Å²) in [5.74, 6) is 1.27. The summed E-state index contributed by atoms with van der Waals surface area (Å²) >= 11 is 0. The van der Waals surface area contributed by atoms with Gasteiger partial charge in [0, 0.05) is 18.7 Å². The standard InChI is InChI=1S/C16H20N2O3/c1-11-4-7-18(8-5-11)16(20)12-2-3-14-13(10-12)17-15(19)6-9-21-14/h2-3,10-11H,4-9H2,1H3,(H,17,19). The van der Waals surface area contributed by atoms with Gasteiger partial charge in [-0.25, -0.2) is 0 Å². The fourth-order valence-electron chi connectivity index (χ4n) is 2.75. The minimum absolute atomic E-state index is 0.0307. The maximum absolute atomic E-state index is 12.5. The molecule has 1 aromatic carbocycles. The van der Waals surface area contributed by atoms with Crippen molar-refractivity contribution in [3.8, 4) is 5.75 Å². The van der Waals surface area contributed by atoms with Gasteiger partial charge in [0.25, 0.3) is 5.91 Å². The van der Waals surface area contributed by atoms with Crippen LogP contribution in [-0.4, -0.2) is 36.4 Å². The number of nitrogens with one attached hydrogen (secondary N) is 1. The van der Waals surface area contributed by atoms with Crippen LogP contribution in [-0.2, 0) is 4.79 Å². The van der Waals surface area contributed by atoms with Gasteiger partial charge >= 0.3 is 0 Å². The number of carbonyl (C=O) groups is 2. The van der Waals surface area contributed by atoms with E-state index >= 15 is 0 Å². The van der Waals surface area contributed by atoms with Crippen LogP contribution in [0.15, 0.2) is 18.2 Å². The summed E-state index contributed by atoms with van der Waals surface area (Å²) in [5, 5.41) is 2.79. The van der Waals surface area contributed by atoms with Gasteiger partial charge in [0.15, 0.2) is 0 Å². The molecule has 0 spiro atoms. The van der Waals surface area contributed by atoms with Gasteiger partial charge in [-0.15, -0.1) is 0 Å². The topological polar surface area (TPSA) is 58.6 Å². The molecule has 112 valence electrons. The van der Waals surface area contributed by atoms with E-state index in [2.05, 4.69) is 12.2 Å². The van der Waals surface area contributed by atoms with E-state index in [9.17, 15) is 9.59 Å². The number of amides is 2. The van der Waals surface area contributed by atoms with E-state index in [0.29, 0.717) is 35.9 Å². The molecule has 0 saturated carbocycles. The average Bonchev–Trinajstić information content (AvgIpc) is 2.67. The number of fused-ring (bicyclic) bond motifs is 1. The molecule has 0 aliphatic carbocycles. The summed E-state index contributed by atoms with van der Waals surface area (Å²) in [6.45, 7) is 4.20. The van der Waals surface area contributed by atoms with E-state index < -0.39 is 0 Å². The highest BCUT2D eigenvalue weighted by molar-refractivity contribution is 5.98. The fourth-order valence-corrected chi connectivity index (χ4v) is 2.75. The van der Waals surface area contributed by atoms with Crippen LogP contribution in [0.1, 0.15) is 36.5 Å². The number of anilines is 1. The van der Waals surface area contributed by atoms with Gasteiger partial charge in [-0.1, -0.05) is 6.92 Å². The van der Waals surface area contributed by atoms with Crippen molar-refractivity contribution in [2.75, 3.05) is 25.0 Å². The van der Waals surface area contributed by atoms with Gasteiger partial charge in [0.2, 0.25) is 5.91 Å². The van der Waals surface area contributed by atoms with Crippen molar-refractivity contribution in [1.29, 1.82) is 0 Å². The van der Waals surface area contributed by atoms with Crippen LogP contribution >= 0.6 is 0 Å². The molecule has 1 fully saturated rings. The lowest BCUT2D eigenvalue weighted by atomic mass is 9.98. The van der Waals surface area contributed by atoms with Crippen molar-refractivity contribution in [3.63, 3.8) is 0 Å². The Hall–Kier alpha value is -2.04. The lowest BCUT2D eigenvalue weighted by Gasteiger charge is -2.30. The Labute approximate surface area is 124 Å². The second-order valence-corrected chi connectivity index (χ2v) is 5.83. The van der Waals surface area contributed by atoms with E-state index in [4.69, 9.17) is 4.74 Å². The number of carbonyl (C=O) groups excluding carboxylic acids is 2. The fraction of sp³-hybridized carbons (Fsp3) is 0.500. The Kier molecular flexibility index (Phi) is 3.82. The molecule has 0 atom stereocenters. The zero-order valence-corrected chi connectivity index (χ0v) is 12.2. The van der Waals surface area contributed by atoms with Gasteiger partial charge in [-0.2, -0.15) is 0 Å². The summed E-state index contributed by atoms with van der Waals surface area (Å²) in [5.41, 5.74) is 1.20. The third-order valence-corrected chi connectivity index (χ3v) is 4.16. The zero-order chi connectivity index (χ0) is 14.8. The smallest absolute Gasteiger partial charge is 0.253 e. The van der Waals surface area contributed by atoms with Crippen LogP contribution in [0.2, 0.25) is 0 Å². The second-order valence-electron chi connectivity index (χ2n) is 5.83. The van der Waals surface area contributed by atoms with Crippen molar-refractivity contribution in [2.45, 2.75) is 26.2 Å². The SMILES string of the molecule is CC1CCN(C(=O)c2ccc3c(c2)NC(=O)CCO3)CC1. The third kappa shape index (κ3) is 3.01. The molecule has 0 radical (unpaired) electrons. The Morgan fingerprint density at radius 3 is 2.86 bits per heavy atom. The van der Waals surface area contributed by atoms with Gasteiger partial charge in [-0.3, -0.25) is 9.59 Å². The Morgan fingerprint density at radius 2 is 2.10 bits per heavy atom. The molecule has 1 aromatic rings. The van der Waals surface area contributed by atoms with E-state index in [-0.39, 0.29) is 11.8 Å². The highest BCUT2D eigenvalue weighted by Crippen LogP contribution is 2.29. The van der Waals surface area contributed by atoms with Crippen molar-refractivity contribution in [1.82, 2.24) is 4.90 Å². The van der Waals surface area contributed by atoms with Gasteiger partial charge < -0.3 is 15.0 Å². The second kappa shape index (κ2) is 5.76. The first kappa shape index (κ1) is 13.9. The van der Waals surface area contributed by atoms with E-state index in [0.717, 1.165) is 25.9 Å². The highest BCUT2D eigenvalue weighted by atomic mass is 16.5. The van der Waals surface area contributed by atoms with Crippen LogP contribution in [0.3, 0.4) is 0 Å². The van der Waals surface area contributed by atoms with E-state index in [1.807, 2.05) is 4.90 Å². The number of nitrogens with zero attached hydrogens (tertiary/aromatic N) is 1. The van der Waals surface area contributed by atoms with Crippen LogP contribution in [0.4, 0.5) is 5.69 Å². The van der Waals surface area contributed by atoms with Crippen LogP contribution < -0.4 is 10.1 Å². The molecule has 2 aliphatic heterocycles. The first-order valence-electron chi connectivity index (χ1n) is 7.49. The molecule has 0 unspecified atom stereocenters. The Morgan fingerprint density at radius 1 is 1.33 bits per heavy atom. The van der Waals surface area contributed by atoms with Gasteiger partial charge in [0.1, 0.15) is 5.75 Å². The molecular weight excluding hydrogens is 268 g/mol. The molecule has 5 nitrogen and oxygen atoms in total. The van der Waals surface area contributed by atoms with Crippen molar-refractivity contribution >= 4 is 17.5 Å².